The quantitative estimate of drug-likeness (QED) is 0.170. The number of hydrogen-bond donors (Lipinski definition) is 0. The van der Waals surface area contributed by atoms with Gasteiger partial charge in [-0.25, -0.2) is 0 Å². The molecule has 12 aromatic rings. The van der Waals surface area contributed by atoms with E-state index in [2.05, 4.69) is 215 Å². The summed E-state index contributed by atoms with van der Waals surface area (Å²) in [6, 6.07) is 76.3. The van der Waals surface area contributed by atoms with Crippen molar-refractivity contribution < 1.29 is 0 Å². The predicted octanol–water partition coefficient (Wildman–Crippen LogP) is 15.2. The Morgan fingerprint density at radius 2 is 0.810 bits per heavy atom. The van der Waals surface area contributed by atoms with Crippen LogP contribution in [0.4, 0.5) is 0 Å². The van der Waals surface area contributed by atoms with E-state index in [9.17, 15) is 0 Å². The molecule has 0 spiro atoms. The van der Waals surface area contributed by atoms with Crippen molar-refractivity contribution >= 4 is 65.2 Å². The van der Waals surface area contributed by atoms with Gasteiger partial charge in [0.15, 0.2) is 0 Å². The van der Waals surface area contributed by atoms with E-state index in [1.54, 1.807) is 0 Å². The standard InChI is InChI=1S/C56H34N2/c1-2-13-41(14-3-1)57-52-19-7-6-16-45(52)46-29-24-39(33-53(46)57)40-25-30-47-50-31-22-36-10-4-5-15-43(36)56(50)58(54(47)34-40)42-26-20-35(21-27-42)38-23-28-44-48-17-8-11-37-12-9-18-49(55(37)48)51(44)32-38/h1-34H. The highest BCUT2D eigenvalue weighted by Gasteiger charge is 2.22. The van der Waals surface area contributed by atoms with Gasteiger partial charge in [0.05, 0.1) is 22.1 Å². The summed E-state index contributed by atoms with van der Waals surface area (Å²) in [6.45, 7) is 0. The average molecular weight is 735 g/mol. The predicted molar refractivity (Wildman–Crippen MR) is 245 cm³/mol. The summed E-state index contributed by atoms with van der Waals surface area (Å²) in [5.74, 6) is 0. The second-order valence-corrected chi connectivity index (χ2v) is 15.7. The zero-order valence-corrected chi connectivity index (χ0v) is 31.5. The lowest BCUT2D eigenvalue weighted by Crippen LogP contribution is -1.95. The molecule has 58 heavy (non-hydrogen) atoms. The van der Waals surface area contributed by atoms with Crippen LogP contribution in [0.3, 0.4) is 0 Å². The van der Waals surface area contributed by atoms with Gasteiger partial charge in [-0.15, -0.1) is 0 Å². The lowest BCUT2D eigenvalue weighted by Gasteiger charge is -2.13. The molecule has 0 bridgehead atoms. The first-order valence-corrected chi connectivity index (χ1v) is 20.1. The Labute approximate surface area is 335 Å². The fourth-order valence-electron chi connectivity index (χ4n) is 10.0. The van der Waals surface area contributed by atoms with Crippen LogP contribution in [0, 0.1) is 0 Å². The van der Waals surface area contributed by atoms with Gasteiger partial charge in [-0.1, -0.05) is 158 Å². The number of hydrogen-bond acceptors (Lipinski definition) is 0. The van der Waals surface area contributed by atoms with Crippen LogP contribution in [0.1, 0.15) is 0 Å². The van der Waals surface area contributed by atoms with E-state index in [-0.39, 0.29) is 0 Å². The number of fused-ring (bicyclic) bond motifs is 11. The molecule has 0 N–H and O–H groups in total. The summed E-state index contributed by atoms with van der Waals surface area (Å²) in [4.78, 5) is 0. The van der Waals surface area contributed by atoms with Gasteiger partial charge in [0.1, 0.15) is 0 Å². The molecule has 0 aliphatic heterocycles. The Morgan fingerprint density at radius 1 is 0.259 bits per heavy atom. The molecule has 0 atom stereocenters. The lowest BCUT2D eigenvalue weighted by molar-refractivity contribution is 1.18. The molecule has 1 aliphatic rings. The molecule has 1 aliphatic carbocycles. The van der Waals surface area contributed by atoms with Crippen molar-refractivity contribution in [3.8, 4) is 55.9 Å². The molecule has 0 fully saturated rings. The number of para-hydroxylation sites is 2. The largest absolute Gasteiger partial charge is 0.309 e. The van der Waals surface area contributed by atoms with Crippen LogP contribution in [-0.2, 0) is 0 Å². The fourth-order valence-corrected chi connectivity index (χ4v) is 10.0. The van der Waals surface area contributed by atoms with Crippen LogP contribution in [-0.4, -0.2) is 9.13 Å². The molecule has 268 valence electrons. The van der Waals surface area contributed by atoms with Crippen molar-refractivity contribution in [1.82, 2.24) is 9.13 Å². The normalized spacial score (nSPS) is 12.1. The number of benzene rings is 10. The molecule has 10 aromatic carbocycles. The summed E-state index contributed by atoms with van der Waals surface area (Å²) >= 11 is 0. The Kier molecular flexibility index (Phi) is 6.47. The summed E-state index contributed by atoms with van der Waals surface area (Å²) in [5, 5.41) is 10.2. The van der Waals surface area contributed by atoms with Crippen LogP contribution in [0.2, 0.25) is 0 Å². The summed E-state index contributed by atoms with van der Waals surface area (Å²) in [6.07, 6.45) is 0. The van der Waals surface area contributed by atoms with Gasteiger partial charge in [-0.2, -0.15) is 0 Å². The van der Waals surface area contributed by atoms with Crippen molar-refractivity contribution in [3.05, 3.63) is 206 Å². The summed E-state index contributed by atoms with van der Waals surface area (Å²) in [7, 11) is 0. The third kappa shape index (κ3) is 4.43. The lowest BCUT2D eigenvalue weighted by atomic mass is 9.97. The molecule has 2 nitrogen and oxygen atoms in total. The van der Waals surface area contributed by atoms with E-state index in [1.165, 1.54) is 115 Å². The van der Waals surface area contributed by atoms with E-state index >= 15 is 0 Å². The van der Waals surface area contributed by atoms with Gasteiger partial charge in [0.25, 0.3) is 0 Å². The Morgan fingerprint density at radius 3 is 1.60 bits per heavy atom. The molecule has 0 unspecified atom stereocenters. The van der Waals surface area contributed by atoms with Crippen molar-refractivity contribution in [2.75, 3.05) is 0 Å². The van der Waals surface area contributed by atoms with Crippen molar-refractivity contribution in [2.24, 2.45) is 0 Å². The monoisotopic (exact) mass is 734 g/mol. The number of aromatic nitrogens is 2. The SMILES string of the molecule is c1ccc(-n2c3ccccc3c3ccc(-c4ccc5c6ccc7ccccc7c6n(-c6ccc(-c7ccc8c(c7)-c7cccc9cccc-8c79)cc6)c5c4)cc32)cc1. The first kappa shape index (κ1) is 31.5. The third-order valence-electron chi connectivity index (χ3n) is 12.6. The second-order valence-electron chi connectivity index (χ2n) is 15.7. The van der Waals surface area contributed by atoms with Crippen molar-refractivity contribution in [1.29, 1.82) is 0 Å². The zero-order valence-electron chi connectivity index (χ0n) is 31.5. The molecule has 2 aromatic heterocycles. The minimum absolute atomic E-state index is 1.15. The minimum atomic E-state index is 1.15. The van der Waals surface area contributed by atoms with Crippen LogP contribution in [0.25, 0.3) is 121 Å². The molecule has 13 rings (SSSR count). The van der Waals surface area contributed by atoms with Crippen LogP contribution in [0.5, 0.6) is 0 Å². The first-order valence-electron chi connectivity index (χ1n) is 20.1. The van der Waals surface area contributed by atoms with Gasteiger partial charge in [0.2, 0.25) is 0 Å². The molecule has 0 radical (unpaired) electrons. The van der Waals surface area contributed by atoms with Crippen molar-refractivity contribution in [3.63, 3.8) is 0 Å². The van der Waals surface area contributed by atoms with Gasteiger partial charge in [-0.3, -0.25) is 0 Å². The van der Waals surface area contributed by atoms with Crippen LogP contribution >= 0.6 is 0 Å². The molecule has 0 amide bonds. The van der Waals surface area contributed by atoms with E-state index in [4.69, 9.17) is 0 Å². The van der Waals surface area contributed by atoms with Gasteiger partial charge >= 0.3 is 0 Å². The number of nitrogens with zero attached hydrogens (tertiary/aromatic N) is 2. The fraction of sp³-hybridized carbons (Fsp3) is 0. The van der Waals surface area contributed by atoms with E-state index in [0.717, 1.165) is 5.69 Å². The maximum Gasteiger partial charge on any atom is 0.0619 e. The Balaban J connectivity index is 0.984. The van der Waals surface area contributed by atoms with Crippen LogP contribution in [0.15, 0.2) is 206 Å². The van der Waals surface area contributed by atoms with E-state index in [0.29, 0.717) is 0 Å². The van der Waals surface area contributed by atoms with E-state index < -0.39 is 0 Å². The summed E-state index contributed by atoms with van der Waals surface area (Å²) < 4.78 is 4.89. The maximum atomic E-state index is 2.49. The number of rotatable bonds is 4. The Bertz CT molecular complexity index is 3650. The van der Waals surface area contributed by atoms with Gasteiger partial charge in [-0.05, 0) is 109 Å². The first-order chi connectivity index (χ1) is 28.8. The molecular formula is C56H34N2. The molecule has 0 saturated carbocycles. The average Bonchev–Trinajstić information content (AvgIpc) is 3.93. The Hall–Kier alpha value is -7.68. The van der Waals surface area contributed by atoms with Gasteiger partial charge in [0, 0.05) is 38.3 Å². The van der Waals surface area contributed by atoms with Crippen LogP contribution < -0.4 is 0 Å². The molecule has 0 saturated heterocycles. The topological polar surface area (TPSA) is 9.86 Å². The molecular weight excluding hydrogens is 701 g/mol. The zero-order chi connectivity index (χ0) is 37.9. The van der Waals surface area contributed by atoms with E-state index in [1.807, 2.05) is 0 Å². The second kappa shape index (κ2) is 11.9. The highest BCUT2D eigenvalue weighted by Crippen LogP contribution is 2.48. The highest BCUT2D eigenvalue weighted by atomic mass is 15.0. The van der Waals surface area contributed by atoms with Gasteiger partial charge < -0.3 is 9.13 Å². The minimum Gasteiger partial charge on any atom is -0.309 e. The molecule has 2 heterocycles. The third-order valence-corrected chi connectivity index (χ3v) is 12.6. The summed E-state index contributed by atoms with van der Waals surface area (Å²) in [5.41, 5.74) is 17.3. The maximum absolute atomic E-state index is 2.49. The van der Waals surface area contributed by atoms with Crippen molar-refractivity contribution in [2.45, 2.75) is 0 Å². The smallest absolute Gasteiger partial charge is 0.0619 e. The molecule has 2 heteroatoms. The highest BCUT2D eigenvalue weighted by molar-refractivity contribution is 6.19.